The van der Waals surface area contributed by atoms with Crippen LogP contribution in [0.4, 0.5) is 0 Å². The van der Waals surface area contributed by atoms with Crippen molar-refractivity contribution < 1.29 is 37.6 Å². The van der Waals surface area contributed by atoms with Gasteiger partial charge >= 0.3 is 0 Å². The highest BCUT2D eigenvalue weighted by Gasteiger charge is 2.65. The molecule has 0 aromatic heterocycles. The van der Waals surface area contributed by atoms with Crippen LogP contribution in [0.5, 0.6) is 0 Å². The minimum atomic E-state index is -3.93. The molecule has 0 heterocycles. The van der Waals surface area contributed by atoms with Gasteiger partial charge in [0.15, 0.2) is 0 Å². The molecule has 5 N–H and O–H groups in total. The maximum Gasteiger partial charge on any atom is 0.265 e. The fraction of sp³-hybridized carbons (Fsp3) is 0.969. The fourth-order valence-electron chi connectivity index (χ4n) is 10.3. The average molecular weight is 616 g/mol. The van der Waals surface area contributed by atoms with Crippen molar-refractivity contribution in [3.63, 3.8) is 0 Å². The van der Waals surface area contributed by atoms with E-state index in [1.807, 2.05) is 14.1 Å². The maximum atomic E-state index is 12.7. The Bertz CT molecular complexity index is 1050. The summed E-state index contributed by atoms with van der Waals surface area (Å²) < 4.78 is 31.5. The number of fused-ring (bicyclic) bond motifs is 5. The van der Waals surface area contributed by atoms with Crippen LogP contribution in [-0.2, 0) is 14.9 Å². The van der Waals surface area contributed by atoms with Gasteiger partial charge < -0.3 is 25.1 Å². The first kappa shape index (κ1) is 34.1. The summed E-state index contributed by atoms with van der Waals surface area (Å²) in [6.07, 6.45) is 7.47. The summed E-state index contributed by atoms with van der Waals surface area (Å²) in [5, 5.41) is 36.6. The van der Waals surface area contributed by atoms with E-state index in [0.29, 0.717) is 48.2 Å². The van der Waals surface area contributed by atoms with Gasteiger partial charge in [-0.25, -0.2) is 0 Å². The third kappa shape index (κ3) is 7.20. The minimum absolute atomic E-state index is 0.0450. The molecular weight excluding hydrogens is 556 g/mol. The number of carbonyl (C=O) groups is 1. The highest BCUT2D eigenvalue weighted by Crippen LogP contribution is 2.68. The van der Waals surface area contributed by atoms with Crippen LogP contribution >= 0.6 is 0 Å². The largest absolute Gasteiger partial charge is 0.393 e. The van der Waals surface area contributed by atoms with E-state index >= 15 is 0 Å². The lowest BCUT2D eigenvalue weighted by atomic mass is 9.43. The molecule has 1 amide bonds. The van der Waals surface area contributed by atoms with Crippen LogP contribution in [0.15, 0.2) is 0 Å². The summed E-state index contributed by atoms with van der Waals surface area (Å²) in [5.41, 5.74) is -0.185. The summed E-state index contributed by atoms with van der Waals surface area (Å²) >= 11 is 0. The van der Waals surface area contributed by atoms with Gasteiger partial charge in [0.2, 0.25) is 5.91 Å². The summed E-state index contributed by atoms with van der Waals surface area (Å²) in [6, 6.07) is 0. The number of nitrogens with one attached hydrogen (secondary N) is 1. The second-order valence-electron chi connectivity index (χ2n) is 15.8. The zero-order valence-electron chi connectivity index (χ0n) is 26.7. The van der Waals surface area contributed by atoms with Gasteiger partial charge in [0.05, 0.1) is 51.2 Å². The molecule has 9 nitrogen and oxygen atoms in total. The van der Waals surface area contributed by atoms with Crippen molar-refractivity contribution in [1.82, 2.24) is 5.32 Å². The Kier molecular flexibility index (Phi) is 10.5. The second kappa shape index (κ2) is 12.9. The highest BCUT2D eigenvalue weighted by atomic mass is 32.2. The molecule has 0 saturated heterocycles. The maximum absolute atomic E-state index is 12.7. The van der Waals surface area contributed by atoms with Gasteiger partial charge in [-0.1, -0.05) is 20.8 Å². The van der Waals surface area contributed by atoms with E-state index in [9.17, 15) is 28.5 Å². The van der Waals surface area contributed by atoms with Crippen LogP contribution in [0.1, 0.15) is 91.4 Å². The van der Waals surface area contributed by atoms with Gasteiger partial charge in [0.1, 0.15) is 0 Å². The van der Waals surface area contributed by atoms with Crippen molar-refractivity contribution >= 4 is 16.0 Å². The third-order valence-corrected chi connectivity index (χ3v) is 13.6. The first-order chi connectivity index (χ1) is 19.5. The van der Waals surface area contributed by atoms with Gasteiger partial charge in [0.25, 0.3) is 10.1 Å². The zero-order valence-corrected chi connectivity index (χ0v) is 27.5. The molecule has 42 heavy (non-hydrogen) atoms. The molecule has 10 heteroatoms. The monoisotopic (exact) mass is 615 g/mol. The van der Waals surface area contributed by atoms with Crippen LogP contribution < -0.4 is 5.32 Å². The lowest BCUT2D eigenvalue weighted by molar-refractivity contribution is -0.890. The van der Waals surface area contributed by atoms with Crippen molar-refractivity contribution in [1.29, 1.82) is 0 Å². The minimum Gasteiger partial charge on any atom is -0.393 e. The summed E-state index contributed by atoms with van der Waals surface area (Å²) in [7, 11) is 0.114. The van der Waals surface area contributed by atoms with Crippen LogP contribution in [0, 0.1) is 46.3 Å². The van der Waals surface area contributed by atoms with Crippen LogP contribution in [0.3, 0.4) is 0 Å². The van der Waals surface area contributed by atoms with Gasteiger partial charge in [-0.05, 0) is 97.7 Å². The van der Waals surface area contributed by atoms with Crippen LogP contribution in [0.25, 0.3) is 0 Å². The number of carbonyl (C=O) groups excluding carboxylic acids is 1. The number of aliphatic hydroxyl groups is 3. The average Bonchev–Trinajstić information content (AvgIpc) is 3.24. The van der Waals surface area contributed by atoms with E-state index in [2.05, 4.69) is 26.1 Å². The zero-order chi connectivity index (χ0) is 31.1. The van der Waals surface area contributed by atoms with Crippen LogP contribution in [0.2, 0.25) is 0 Å². The van der Waals surface area contributed by atoms with Crippen molar-refractivity contribution in [3.8, 4) is 0 Å². The molecule has 0 aromatic carbocycles. The normalized spacial score (nSPS) is 41.0. The second-order valence-corrected chi connectivity index (χ2v) is 17.3. The predicted octanol–water partition coefficient (Wildman–Crippen LogP) is 3.22. The highest BCUT2D eigenvalue weighted by molar-refractivity contribution is 7.85. The number of nitrogens with zero attached hydrogens (tertiary/aromatic N) is 1. The number of hydrogen-bond donors (Lipinski definition) is 5. The van der Waals surface area contributed by atoms with Crippen LogP contribution in [-0.4, -0.2) is 96.5 Å². The molecule has 4 aliphatic rings. The molecular formula is C32H59N2O7S+. The van der Waals surface area contributed by atoms with Gasteiger partial charge in [-0.3, -0.25) is 9.35 Å². The molecule has 4 aliphatic carbocycles. The topological polar surface area (TPSA) is 144 Å². The van der Waals surface area contributed by atoms with E-state index in [1.165, 1.54) is 0 Å². The number of aliphatic hydroxyl groups excluding tert-OH is 3. The molecule has 4 saturated carbocycles. The Hall–Kier alpha value is -0.780. The molecule has 0 bridgehead atoms. The Morgan fingerprint density at radius 2 is 1.69 bits per heavy atom. The standard InChI is InChI=1S/C32H58N2O7S/c1-21(8-11-29(38)33-14-6-15-34(4,5)16-7-17-42(39,40)41)24-9-10-25-30-26(20-28(37)32(24,25)3)31(2)13-12-23(35)18-22(31)19-27(30)36/h21-28,30,35-37H,6-20H2,1-5H3,(H-,33,38,39,40,41)/p+1/t21-,22+,23-,24-,25+,26-,27?,28+,30?,31+,32-/m1/s1. The lowest BCUT2D eigenvalue weighted by Gasteiger charge is -2.63. The van der Waals surface area contributed by atoms with E-state index in [-0.39, 0.29) is 52.5 Å². The van der Waals surface area contributed by atoms with Gasteiger partial charge in [-0.15, -0.1) is 0 Å². The van der Waals surface area contributed by atoms with Crippen molar-refractivity contribution in [3.05, 3.63) is 0 Å². The molecule has 0 spiro atoms. The van der Waals surface area contributed by atoms with E-state index in [1.54, 1.807) is 0 Å². The predicted molar refractivity (Wildman–Crippen MR) is 163 cm³/mol. The summed E-state index contributed by atoms with van der Waals surface area (Å²) in [5.74, 6) is 1.52. The van der Waals surface area contributed by atoms with Gasteiger partial charge in [0, 0.05) is 25.8 Å². The van der Waals surface area contributed by atoms with Crippen molar-refractivity contribution in [2.45, 2.75) is 110 Å². The number of quaternary nitrogens is 1. The summed E-state index contributed by atoms with van der Waals surface area (Å²) in [4.78, 5) is 12.7. The molecule has 0 aliphatic heterocycles. The SMILES string of the molecule is C[C@H](CCC(=O)NCCC[N+](C)(C)CCCS(=O)(=O)O)[C@H]1CC[C@H]2C3C(O)C[C@@H]4C[C@H](O)CC[C@]4(C)[C@@H]3C[C@H](O)[C@]12C. The first-order valence-electron chi connectivity index (χ1n) is 16.6. The Morgan fingerprint density at radius 1 is 1.00 bits per heavy atom. The number of rotatable bonds is 12. The molecule has 2 unspecified atom stereocenters. The molecule has 0 radical (unpaired) electrons. The molecule has 244 valence electrons. The molecule has 4 fully saturated rings. The van der Waals surface area contributed by atoms with E-state index in [0.717, 1.165) is 64.3 Å². The Morgan fingerprint density at radius 3 is 2.38 bits per heavy atom. The van der Waals surface area contributed by atoms with Crippen molar-refractivity contribution in [2.75, 3.05) is 39.5 Å². The van der Waals surface area contributed by atoms with Gasteiger partial charge in [-0.2, -0.15) is 8.42 Å². The number of amides is 1. The first-order valence-corrected chi connectivity index (χ1v) is 18.2. The van der Waals surface area contributed by atoms with Crippen molar-refractivity contribution in [2.24, 2.45) is 46.3 Å². The molecule has 4 rings (SSSR count). The molecule has 0 aromatic rings. The van der Waals surface area contributed by atoms with E-state index < -0.39 is 16.2 Å². The third-order valence-electron chi connectivity index (χ3n) is 12.8. The Balaban J connectivity index is 1.27. The molecule has 11 atom stereocenters. The van der Waals surface area contributed by atoms with E-state index in [4.69, 9.17) is 4.55 Å². The fourth-order valence-corrected chi connectivity index (χ4v) is 10.8. The number of hydrogen-bond acceptors (Lipinski definition) is 6. The smallest absolute Gasteiger partial charge is 0.265 e. The quantitative estimate of drug-likeness (QED) is 0.129. The lowest BCUT2D eigenvalue weighted by Crippen LogP contribution is -2.62. The summed E-state index contributed by atoms with van der Waals surface area (Å²) in [6.45, 7) is 8.87. The Labute approximate surface area is 254 Å².